The number of ether oxygens (including phenoxy) is 1. The number of rotatable bonds is 5. The van der Waals surface area contributed by atoms with Crippen molar-refractivity contribution < 1.29 is 4.74 Å². The summed E-state index contributed by atoms with van der Waals surface area (Å²) in [6, 6.07) is 1.31. The van der Waals surface area contributed by atoms with Gasteiger partial charge in [-0.25, -0.2) is 0 Å². The third-order valence-electron chi connectivity index (χ3n) is 3.96. The highest BCUT2D eigenvalue weighted by molar-refractivity contribution is 4.81. The lowest BCUT2D eigenvalue weighted by atomic mass is 9.91. The van der Waals surface area contributed by atoms with Gasteiger partial charge in [0.05, 0.1) is 6.10 Å². The van der Waals surface area contributed by atoms with Crippen molar-refractivity contribution in [1.82, 2.24) is 5.32 Å². The van der Waals surface area contributed by atoms with Crippen molar-refractivity contribution in [3.8, 4) is 0 Å². The molecule has 4 atom stereocenters. The molecule has 2 nitrogen and oxygen atoms in total. The Morgan fingerprint density at radius 1 is 1.33 bits per heavy atom. The first-order chi connectivity index (χ1) is 7.17. The average Bonchev–Trinajstić information content (AvgIpc) is 2.28. The standard InChI is InChI=1S/C13H27NO/c1-5-10(2)11(3)14-12-7-6-8-13(9-12)15-4/h10-14H,5-9H2,1-4H3. The van der Waals surface area contributed by atoms with E-state index in [-0.39, 0.29) is 0 Å². The van der Waals surface area contributed by atoms with E-state index >= 15 is 0 Å². The van der Waals surface area contributed by atoms with Gasteiger partial charge >= 0.3 is 0 Å². The van der Waals surface area contributed by atoms with Crippen molar-refractivity contribution in [2.75, 3.05) is 7.11 Å². The molecule has 0 aromatic rings. The quantitative estimate of drug-likeness (QED) is 0.758. The van der Waals surface area contributed by atoms with Crippen LogP contribution in [0.2, 0.25) is 0 Å². The summed E-state index contributed by atoms with van der Waals surface area (Å²) >= 11 is 0. The molecule has 1 aliphatic carbocycles. The zero-order chi connectivity index (χ0) is 11.3. The lowest BCUT2D eigenvalue weighted by molar-refractivity contribution is 0.0559. The van der Waals surface area contributed by atoms with Gasteiger partial charge in [-0.05, 0) is 38.5 Å². The Balaban J connectivity index is 2.31. The second-order valence-electron chi connectivity index (χ2n) is 5.06. The van der Waals surface area contributed by atoms with E-state index in [1.165, 1.54) is 32.1 Å². The molecule has 15 heavy (non-hydrogen) atoms. The van der Waals surface area contributed by atoms with Gasteiger partial charge < -0.3 is 10.1 Å². The second-order valence-corrected chi connectivity index (χ2v) is 5.06. The molecular formula is C13H27NO. The fourth-order valence-electron chi connectivity index (χ4n) is 2.40. The molecule has 1 fully saturated rings. The number of methoxy groups -OCH3 is 1. The Morgan fingerprint density at radius 2 is 2.07 bits per heavy atom. The summed E-state index contributed by atoms with van der Waals surface area (Å²) in [4.78, 5) is 0. The van der Waals surface area contributed by atoms with Crippen molar-refractivity contribution in [1.29, 1.82) is 0 Å². The monoisotopic (exact) mass is 213 g/mol. The second kappa shape index (κ2) is 6.49. The molecule has 4 unspecified atom stereocenters. The Morgan fingerprint density at radius 3 is 2.67 bits per heavy atom. The molecular weight excluding hydrogens is 186 g/mol. The molecule has 0 saturated heterocycles. The maximum absolute atomic E-state index is 5.45. The molecule has 0 amide bonds. The minimum atomic E-state index is 0.486. The van der Waals surface area contributed by atoms with Gasteiger partial charge in [-0.15, -0.1) is 0 Å². The van der Waals surface area contributed by atoms with Crippen LogP contribution in [0.1, 0.15) is 52.9 Å². The van der Waals surface area contributed by atoms with Gasteiger partial charge in [0.2, 0.25) is 0 Å². The van der Waals surface area contributed by atoms with Gasteiger partial charge in [0.25, 0.3) is 0 Å². The van der Waals surface area contributed by atoms with Crippen LogP contribution in [0.15, 0.2) is 0 Å². The summed E-state index contributed by atoms with van der Waals surface area (Å²) in [5, 5.41) is 3.75. The summed E-state index contributed by atoms with van der Waals surface area (Å²) in [6.07, 6.45) is 6.81. The minimum Gasteiger partial charge on any atom is -0.381 e. The maximum atomic E-state index is 5.45. The Labute approximate surface area is 94.8 Å². The number of hydrogen-bond acceptors (Lipinski definition) is 2. The fraction of sp³-hybridized carbons (Fsp3) is 1.00. The predicted molar refractivity (Wildman–Crippen MR) is 65.1 cm³/mol. The van der Waals surface area contributed by atoms with Gasteiger partial charge in [0, 0.05) is 19.2 Å². The Hall–Kier alpha value is -0.0800. The minimum absolute atomic E-state index is 0.486. The van der Waals surface area contributed by atoms with E-state index in [0.717, 1.165) is 5.92 Å². The molecule has 0 bridgehead atoms. The number of nitrogens with one attached hydrogen (secondary N) is 1. The molecule has 0 radical (unpaired) electrons. The van der Waals surface area contributed by atoms with Crippen LogP contribution in [0, 0.1) is 5.92 Å². The topological polar surface area (TPSA) is 21.3 Å². The number of hydrogen-bond donors (Lipinski definition) is 1. The van der Waals surface area contributed by atoms with Crippen LogP contribution in [0.3, 0.4) is 0 Å². The maximum Gasteiger partial charge on any atom is 0.0586 e. The smallest absolute Gasteiger partial charge is 0.0586 e. The van der Waals surface area contributed by atoms with Crippen LogP contribution in [-0.4, -0.2) is 25.3 Å². The van der Waals surface area contributed by atoms with E-state index in [1.54, 1.807) is 0 Å². The normalized spacial score (nSPS) is 31.2. The first-order valence-electron chi connectivity index (χ1n) is 6.46. The largest absolute Gasteiger partial charge is 0.381 e. The molecule has 0 aromatic heterocycles. The molecule has 1 aliphatic rings. The van der Waals surface area contributed by atoms with Crippen molar-refractivity contribution in [2.45, 2.75) is 71.1 Å². The molecule has 0 heterocycles. The summed E-state index contributed by atoms with van der Waals surface area (Å²) in [7, 11) is 1.84. The van der Waals surface area contributed by atoms with Gasteiger partial charge in [-0.1, -0.05) is 20.3 Å². The summed E-state index contributed by atoms with van der Waals surface area (Å²) < 4.78 is 5.45. The van der Waals surface area contributed by atoms with E-state index in [9.17, 15) is 0 Å². The van der Waals surface area contributed by atoms with Gasteiger partial charge in [-0.2, -0.15) is 0 Å². The molecule has 1 rings (SSSR count). The van der Waals surface area contributed by atoms with E-state index < -0.39 is 0 Å². The van der Waals surface area contributed by atoms with Crippen molar-refractivity contribution in [3.63, 3.8) is 0 Å². The Kier molecular flexibility index (Phi) is 5.62. The third kappa shape index (κ3) is 4.12. The highest BCUT2D eigenvalue weighted by atomic mass is 16.5. The Bertz CT molecular complexity index is 172. The zero-order valence-electron chi connectivity index (χ0n) is 10.8. The molecule has 0 spiro atoms. The van der Waals surface area contributed by atoms with E-state index in [4.69, 9.17) is 4.74 Å². The van der Waals surface area contributed by atoms with Crippen LogP contribution >= 0.6 is 0 Å². The van der Waals surface area contributed by atoms with Crippen molar-refractivity contribution in [2.24, 2.45) is 5.92 Å². The molecule has 2 heteroatoms. The SMILES string of the molecule is CCC(C)C(C)NC1CCCC(OC)C1. The van der Waals surface area contributed by atoms with Gasteiger partial charge in [0.15, 0.2) is 0 Å². The van der Waals surface area contributed by atoms with Crippen LogP contribution in [-0.2, 0) is 4.74 Å². The summed E-state index contributed by atoms with van der Waals surface area (Å²) in [5.74, 6) is 0.771. The average molecular weight is 213 g/mol. The highest BCUT2D eigenvalue weighted by Crippen LogP contribution is 2.22. The summed E-state index contributed by atoms with van der Waals surface area (Å²) in [5.41, 5.74) is 0. The summed E-state index contributed by atoms with van der Waals surface area (Å²) in [6.45, 7) is 6.90. The van der Waals surface area contributed by atoms with Crippen LogP contribution in [0.25, 0.3) is 0 Å². The van der Waals surface area contributed by atoms with Crippen LogP contribution < -0.4 is 5.32 Å². The van der Waals surface area contributed by atoms with Crippen molar-refractivity contribution >= 4 is 0 Å². The van der Waals surface area contributed by atoms with Gasteiger partial charge in [0.1, 0.15) is 0 Å². The molecule has 1 saturated carbocycles. The molecule has 1 N–H and O–H groups in total. The van der Waals surface area contributed by atoms with Crippen LogP contribution in [0.5, 0.6) is 0 Å². The molecule has 0 aromatic carbocycles. The lowest BCUT2D eigenvalue weighted by Gasteiger charge is -2.32. The molecule has 90 valence electrons. The van der Waals surface area contributed by atoms with Gasteiger partial charge in [-0.3, -0.25) is 0 Å². The highest BCUT2D eigenvalue weighted by Gasteiger charge is 2.23. The van der Waals surface area contributed by atoms with Crippen molar-refractivity contribution in [3.05, 3.63) is 0 Å². The van der Waals surface area contributed by atoms with E-state index in [1.807, 2.05) is 7.11 Å². The zero-order valence-corrected chi connectivity index (χ0v) is 10.8. The molecule has 0 aliphatic heterocycles. The fourth-order valence-corrected chi connectivity index (χ4v) is 2.40. The van der Waals surface area contributed by atoms with Crippen LogP contribution in [0.4, 0.5) is 0 Å². The predicted octanol–water partition coefficient (Wildman–Crippen LogP) is 2.97. The lowest BCUT2D eigenvalue weighted by Crippen LogP contribution is -2.43. The van der Waals surface area contributed by atoms with E-state index in [0.29, 0.717) is 18.2 Å². The van der Waals surface area contributed by atoms with E-state index in [2.05, 4.69) is 26.1 Å². The first-order valence-corrected chi connectivity index (χ1v) is 6.46. The first kappa shape index (κ1) is 13.0. The third-order valence-corrected chi connectivity index (χ3v) is 3.96.